The molecule has 5 nitrogen and oxygen atoms in total. The standard InChI is InChI=1S/C21H22N2O3S/c1-3-23(4-2)27(25,26)18-10-7-9-17(14-18)22-15-20-19-11-6-5-8-16(19)12-13-21(20)24/h5-15,24H,3-4H2,1-2H3. The molecule has 0 amide bonds. The summed E-state index contributed by atoms with van der Waals surface area (Å²) in [4.78, 5) is 4.62. The molecule has 1 N–H and O–H groups in total. The van der Waals surface area contributed by atoms with Gasteiger partial charge in [0.15, 0.2) is 0 Å². The minimum atomic E-state index is -3.54. The number of sulfonamides is 1. The molecule has 0 aliphatic heterocycles. The second kappa shape index (κ2) is 7.90. The summed E-state index contributed by atoms with van der Waals surface area (Å²) in [6, 6.07) is 17.7. The third-order valence-electron chi connectivity index (χ3n) is 4.45. The zero-order chi connectivity index (χ0) is 19.4. The van der Waals surface area contributed by atoms with E-state index in [4.69, 9.17) is 0 Å². The lowest BCUT2D eigenvalue weighted by Gasteiger charge is -2.18. The van der Waals surface area contributed by atoms with E-state index in [1.165, 1.54) is 4.31 Å². The molecule has 27 heavy (non-hydrogen) atoms. The molecule has 0 aromatic heterocycles. The van der Waals surface area contributed by atoms with Crippen LogP contribution in [0.4, 0.5) is 5.69 Å². The van der Waals surface area contributed by atoms with Gasteiger partial charge in [0.1, 0.15) is 5.75 Å². The Morgan fingerprint density at radius 3 is 2.48 bits per heavy atom. The Morgan fingerprint density at radius 1 is 1.00 bits per heavy atom. The van der Waals surface area contributed by atoms with Gasteiger partial charge in [-0.3, -0.25) is 4.99 Å². The Morgan fingerprint density at radius 2 is 1.74 bits per heavy atom. The van der Waals surface area contributed by atoms with Gasteiger partial charge in [-0.05, 0) is 35.0 Å². The van der Waals surface area contributed by atoms with Gasteiger partial charge in [-0.15, -0.1) is 0 Å². The molecule has 0 saturated heterocycles. The molecule has 6 heteroatoms. The van der Waals surface area contributed by atoms with Gasteiger partial charge in [0.25, 0.3) is 0 Å². The quantitative estimate of drug-likeness (QED) is 0.645. The van der Waals surface area contributed by atoms with Crippen LogP contribution < -0.4 is 0 Å². The third-order valence-corrected chi connectivity index (χ3v) is 6.50. The second-order valence-electron chi connectivity index (χ2n) is 6.06. The van der Waals surface area contributed by atoms with Gasteiger partial charge in [-0.2, -0.15) is 4.31 Å². The van der Waals surface area contributed by atoms with Gasteiger partial charge >= 0.3 is 0 Å². The number of aromatic hydroxyl groups is 1. The molecule has 0 spiro atoms. The van der Waals surface area contributed by atoms with Crippen LogP contribution in [-0.2, 0) is 10.0 Å². The number of phenols is 1. The van der Waals surface area contributed by atoms with Crippen LogP contribution in [0, 0.1) is 0 Å². The smallest absolute Gasteiger partial charge is 0.243 e. The molecule has 0 atom stereocenters. The van der Waals surface area contributed by atoms with Gasteiger partial charge in [-0.1, -0.05) is 50.2 Å². The van der Waals surface area contributed by atoms with Crippen LogP contribution in [0.2, 0.25) is 0 Å². The summed E-state index contributed by atoms with van der Waals surface area (Å²) in [5.74, 6) is 0.129. The summed E-state index contributed by atoms with van der Waals surface area (Å²) < 4.78 is 26.8. The molecule has 0 heterocycles. The summed E-state index contributed by atoms with van der Waals surface area (Å²) in [5, 5.41) is 12.1. The Kier molecular flexibility index (Phi) is 5.58. The van der Waals surface area contributed by atoms with Crippen LogP contribution in [0.15, 0.2) is 70.6 Å². The van der Waals surface area contributed by atoms with Gasteiger partial charge in [-0.25, -0.2) is 8.42 Å². The Hall–Kier alpha value is -2.70. The van der Waals surface area contributed by atoms with Crippen LogP contribution in [0.1, 0.15) is 19.4 Å². The van der Waals surface area contributed by atoms with Gasteiger partial charge in [0.05, 0.1) is 10.6 Å². The fourth-order valence-corrected chi connectivity index (χ4v) is 4.49. The summed E-state index contributed by atoms with van der Waals surface area (Å²) in [6.07, 6.45) is 1.57. The lowest BCUT2D eigenvalue weighted by molar-refractivity contribution is 0.445. The SMILES string of the molecule is CCN(CC)S(=O)(=O)c1cccc(N=Cc2c(O)ccc3ccccc23)c1. The van der Waals surface area contributed by atoms with E-state index in [-0.39, 0.29) is 10.6 Å². The summed E-state index contributed by atoms with van der Waals surface area (Å²) in [6.45, 7) is 4.45. The van der Waals surface area contributed by atoms with E-state index >= 15 is 0 Å². The lowest BCUT2D eigenvalue weighted by Crippen LogP contribution is -2.30. The van der Waals surface area contributed by atoms with Crippen molar-refractivity contribution in [2.45, 2.75) is 18.7 Å². The Balaban J connectivity index is 2.00. The zero-order valence-electron chi connectivity index (χ0n) is 15.3. The van der Waals surface area contributed by atoms with E-state index in [1.807, 2.05) is 44.2 Å². The number of hydrogen-bond donors (Lipinski definition) is 1. The predicted octanol–water partition coefficient (Wildman–Crippen LogP) is 4.33. The maximum Gasteiger partial charge on any atom is 0.243 e. The first-order valence-electron chi connectivity index (χ1n) is 8.82. The summed E-state index contributed by atoms with van der Waals surface area (Å²) >= 11 is 0. The normalized spacial score (nSPS) is 12.3. The van der Waals surface area contributed by atoms with Crippen LogP contribution in [0.25, 0.3) is 10.8 Å². The lowest BCUT2D eigenvalue weighted by atomic mass is 10.0. The van der Waals surface area contributed by atoms with Crippen molar-refractivity contribution in [1.29, 1.82) is 0 Å². The van der Waals surface area contributed by atoms with E-state index < -0.39 is 10.0 Å². The molecular weight excluding hydrogens is 360 g/mol. The zero-order valence-corrected chi connectivity index (χ0v) is 16.1. The second-order valence-corrected chi connectivity index (χ2v) is 8.00. The average Bonchev–Trinajstić information content (AvgIpc) is 2.68. The topological polar surface area (TPSA) is 70.0 Å². The van der Waals surface area contributed by atoms with Crippen molar-refractivity contribution in [1.82, 2.24) is 4.31 Å². The summed E-state index contributed by atoms with van der Waals surface area (Å²) in [7, 11) is -3.54. The van der Waals surface area contributed by atoms with Crippen molar-refractivity contribution < 1.29 is 13.5 Å². The minimum absolute atomic E-state index is 0.129. The molecule has 0 radical (unpaired) electrons. The first kappa shape index (κ1) is 19.1. The maximum absolute atomic E-state index is 12.7. The van der Waals surface area contributed by atoms with E-state index in [1.54, 1.807) is 36.5 Å². The molecule has 3 aromatic carbocycles. The number of rotatable bonds is 6. The molecule has 0 unspecified atom stereocenters. The number of benzene rings is 3. The van der Waals surface area contributed by atoms with Crippen molar-refractivity contribution >= 4 is 32.7 Å². The van der Waals surface area contributed by atoms with E-state index in [0.717, 1.165) is 10.8 Å². The van der Waals surface area contributed by atoms with Gasteiger partial charge in [0, 0.05) is 24.9 Å². The first-order chi connectivity index (χ1) is 13.0. The Bertz CT molecular complexity index is 1090. The number of aliphatic imine (C=N–C) groups is 1. The van der Waals surface area contributed by atoms with Crippen LogP contribution in [0.5, 0.6) is 5.75 Å². The fourth-order valence-electron chi connectivity index (χ4n) is 3.00. The van der Waals surface area contributed by atoms with E-state index in [2.05, 4.69) is 4.99 Å². The number of phenolic OH excluding ortho intramolecular Hbond substituents is 1. The highest BCUT2D eigenvalue weighted by Crippen LogP contribution is 2.27. The van der Waals surface area contributed by atoms with Crippen molar-refractivity contribution in [3.8, 4) is 5.75 Å². The number of nitrogens with zero attached hydrogens (tertiary/aromatic N) is 2. The highest BCUT2D eigenvalue weighted by atomic mass is 32.2. The fraction of sp³-hybridized carbons (Fsp3) is 0.190. The molecule has 0 aliphatic rings. The Labute approximate surface area is 159 Å². The van der Waals surface area contributed by atoms with Crippen LogP contribution >= 0.6 is 0 Å². The minimum Gasteiger partial charge on any atom is -0.507 e. The molecule has 3 aromatic rings. The summed E-state index contributed by atoms with van der Waals surface area (Å²) in [5.41, 5.74) is 1.11. The predicted molar refractivity (Wildman–Crippen MR) is 109 cm³/mol. The largest absolute Gasteiger partial charge is 0.507 e. The van der Waals surface area contributed by atoms with Gasteiger partial charge in [0.2, 0.25) is 10.0 Å². The van der Waals surface area contributed by atoms with E-state index in [9.17, 15) is 13.5 Å². The molecule has 0 saturated carbocycles. The molecule has 0 aliphatic carbocycles. The monoisotopic (exact) mass is 382 g/mol. The van der Waals surface area contributed by atoms with Crippen molar-refractivity contribution in [2.24, 2.45) is 4.99 Å². The number of hydrogen-bond acceptors (Lipinski definition) is 4. The average molecular weight is 382 g/mol. The molecule has 0 fully saturated rings. The van der Waals surface area contributed by atoms with Crippen molar-refractivity contribution in [3.63, 3.8) is 0 Å². The first-order valence-corrected chi connectivity index (χ1v) is 10.3. The van der Waals surface area contributed by atoms with Crippen molar-refractivity contribution in [3.05, 3.63) is 66.2 Å². The molecule has 3 rings (SSSR count). The van der Waals surface area contributed by atoms with E-state index in [0.29, 0.717) is 24.3 Å². The molecule has 0 bridgehead atoms. The highest BCUT2D eigenvalue weighted by Gasteiger charge is 2.21. The number of fused-ring (bicyclic) bond motifs is 1. The van der Waals surface area contributed by atoms with Crippen molar-refractivity contribution in [2.75, 3.05) is 13.1 Å². The molecule has 140 valence electrons. The maximum atomic E-state index is 12.7. The molecular formula is C21H22N2O3S. The highest BCUT2D eigenvalue weighted by molar-refractivity contribution is 7.89. The van der Waals surface area contributed by atoms with Crippen LogP contribution in [-0.4, -0.2) is 37.1 Å². The van der Waals surface area contributed by atoms with Crippen LogP contribution in [0.3, 0.4) is 0 Å². The van der Waals surface area contributed by atoms with Gasteiger partial charge < -0.3 is 5.11 Å². The third kappa shape index (κ3) is 3.86.